The molecule has 0 fully saturated rings. The molecular weight excluding hydrogens is 354 g/mol. The number of hydrogen-bond acceptors (Lipinski definition) is 6. The number of phenols is 1. The zero-order valence-electron chi connectivity index (χ0n) is 13.6. The number of anilines is 1. The third-order valence-electron chi connectivity index (χ3n) is 3.63. The molecule has 9 heteroatoms. The molecule has 1 aliphatic heterocycles. The maximum absolute atomic E-state index is 12.4. The molecule has 0 spiro atoms. The van der Waals surface area contributed by atoms with Crippen LogP contribution >= 0.6 is 11.6 Å². The van der Waals surface area contributed by atoms with Gasteiger partial charge in [0.05, 0.1) is 16.0 Å². The first kappa shape index (κ1) is 18.5. The van der Waals surface area contributed by atoms with Crippen molar-refractivity contribution in [2.45, 2.75) is 49.8 Å². The van der Waals surface area contributed by atoms with Crippen LogP contribution in [0, 0.1) is 0 Å². The topological polar surface area (TPSA) is 108 Å². The summed E-state index contributed by atoms with van der Waals surface area (Å²) >= 11 is 5.97. The number of hydrogen-bond donors (Lipinski definition) is 3. The highest BCUT2D eigenvalue weighted by Gasteiger charge is 2.30. The lowest BCUT2D eigenvalue weighted by Gasteiger charge is -2.15. The van der Waals surface area contributed by atoms with Gasteiger partial charge in [0.25, 0.3) is 5.91 Å². The zero-order valence-corrected chi connectivity index (χ0v) is 15.2. The maximum atomic E-state index is 12.4. The number of halogens is 1. The van der Waals surface area contributed by atoms with Crippen LogP contribution < -0.4 is 10.6 Å². The average Bonchev–Trinajstić information content (AvgIpc) is 2.82. The molecule has 1 amide bonds. The molecule has 0 aromatic heterocycles. The fourth-order valence-corrected chi connectivity index (χ4v) is 3.93. The lowest BCUT2D eigenvalue weighted by atomic mass is 10.2. The van der Waals surface area contributed by atoms with Gasteiger partial charge in [-0.15, -0.1) is 0 Å². The van der Waals surface area contributed by atoms with Gasteiger partial charge in [0.1, 0.15) is 10.9 Å². The van der Waals surface area contributed by atoms with Crippen LogP contribution in [0.15, 0.2) is 22.0 Å². The van der Waals surface area contributed by atoms with Crippen LogP contribution in [0.5, 0.6) is 5.75 Å². The Balaban J connectivity index is 2.37. The average molecular weight is 374 g/mol. The summed E-state index contributed by atoms with van der Waals surface area (Å²) in [5, 5.41) is 14.9. The van der Waals surface area contributed by atoms with Crippen LogP contribution in [0.25, 0.3) is 0 Å². The smallest absolute Gasteiger partial charge is 0.251 e. The second-order valence-corrected chi connectivity index (χ2v) is 8.61. The molecule has 7 nitrogen and oxygen atoms in total. The fraction of sp³-hybridized carbons (Fsp3) is 0.467. The lowest BCUT2D eigenvalue weighted by Crippen LogP contribution is -2.32. The van der Waals surface area contributed by atoms with E-state index in [0.717, 1.165) is 6.42 Å². The first-order valence-electron chi connectivity index (χ1n) is 7.59. The van der Waals surface area contributed by atoms with E-state index in [-0.39, 0.29) is 27.5 Å². The minimum absolute atomic E-state index is 0.0620. The van der Waals surface area contributed by atoms with Gasteiger partial charge in [0.15, 0.2) is 15.6 Å². The number of benzene rings is 1. The van der Waals surface area contributed by atoms with Gasteiger partial charge in [-0.2, -0.15) is 0 Å². The lowest BCUT2D eigenvalue weighted by molar-refractivity contribution is -0.120. The highest BCUT2D eigenvalue weighted by atomic mass is 35.5. The molecule has 2 rings (SSSR count). The number of nitrogens with one attached hydrogen (secondary N) is 2. The molecule has 1 aliphatic rings. The summed E-state index contributed by atoms with van der Waals surface area (Å²) in [4.78, 5) is 15.6. The number of carbonyl (C=O) groups is 1. The number of carbonyl (C=O) groups excluding carboxylic acids is 1. The number of sulfone groups is 1. The van der Waals surface area contributed by atoms with Gasteiger partial charge in [0.2, 0.25) is 5.96 Å². The summed E-state index contributed by atoms with van der Waals surface area (Å²) in [5.74, 6) is -0.557. The molecule has 0 aliphatic carbocycles. The molecule has 1 aromatic carbocycles. The number of nitrogens with zero attached hydrogens (tertiary/aromatic N) is 1. The van der Waals surface area contributed by atoms with Gasteiger partial charge >= 0.3 is 0 Å². The van der Waals surface area contributed by atoms with Gasteiger partial charge in [0, 0.05) is 0 Å². The van der Waals surface area contributed by atoms with Gasteiger partial charge in [-0.25, -0.2) is 13.4 Å². The zero-order chi connectivity index (χ0) is 18.1. The third-order valence-corrected chi connectivity index (χ3v) is 6.28. The SMILES string of the molecule is CCC[C@@H]1N=C(Nc2ccc(Cl)c(S(=O)(=O)C(C)C)c2O)NC1=O. The Labute approximate surface area is 146 Å². The van der Waals surface area contributed by atoms with Crippen molar-refractivity contribution < 1.29 is 18.3 Å². The highest BCUT2D eigenvalue weighted by molar-refractivity contribution is 7.92. The van der Waals surface area contributed by atoms with Crippen molar-refractivity contribution in [1.29, 1.82) is 0 Å². The Bertz CT molecular complexity index is 790. The van der Waals surface area contributed by atoms with Crippen LogP contribution in [-0.2, 0) is 14.6 Å². The Morgan fingerprint density at radius 1 is 1.42 bits per heavy atom. The van der Waals surface area contributed by atoms with E-state index in [1.165, 1.54) is 26.0 Å². The monoisotopic (exact) mass is 373 g/mol. The predicted molar refractivity (Wildman–Crippen MR) is 93.3 cm³/mol. The summed E-state index contributed by atoms with van der Waals surface area (Å²) in [6.07, 6.45) is 1.41. The Morgan fingerprint density at radius 2 is 2.08 bits per heavy atom. The van der Waals surface area contributed by atoms with Gasteiger partial charge in [-0.05, 0) is 32.4 Å². The predicted octanol–water partition coefficient (Wildman–Crippen LogP) is 2.29. The molecule has 1 atom stereocenters. The van der Waals surface area contributed by atoms with Gasteiger partial charge in [-0.1, -0.05) is 24.9 Å². The molecule has 24 heavy (non-hydrogen) atoms. The van der Waals surface area contributed by atoms with Crippen molar-refractivity contribution in [2.24, 2.45) is 4.99 Å². The van der Waals surface area contributed by atoms with E-state index in [9.17, 15) is 18.3 Å². The first-order valence-corrected chi connectivity index (χ1v) is 9.52. The van der Waals surface area contributed by atoms with E-state index >= 15 is 0 Å². The summed E-state index contributed by atoms with van der Waals surface area (Å²) in [5.41, 5.74) is 0.106. The number of amides is 1. The highest BCUT2D eigenvalue weighted by Crippen LogP contribution is 2.38. The van der Waals surface area contributed by atoms with Crippen molar-refractivity contribution in [1.82, 2.24) is 5.32 Å². The third kappa shape index (κ3) is 3.49. The van der Waals surface area contributed by atoms with Crippen LogP contribution in [0.3, 0.4) is 0 Å². The Morgan fingerprint density at radius 3 is 2.67 bits per heavy atom. The van der Waals surface area contributed by atoms with Crippen molar-refractivity contribution in [3.8, 4) is 5.75 Å². The van der Waals surface area contributed by atoms with Gasteiger partial charge in [-0.3, -0.25) is 10.1 Å². The summed E-state index contributed by atoms with van der Waals surface area (Å²) in [6.45, 7) is 4.95. The van der Waals surface area contributed by atoms with E-state index < -0.39 is 26.9 Å². The van der Waals surface area contributed by atoms with Crippen LogP contribution in [0.1, 0.15) is 33.6 Å². The Hall–Kier alpha value is -1.80. The summed E-state index contributed by atoms with van der Waals surface area (Å²) in [6, 6.07) is 2.32. The van der Waals surface area contributed by atoms with E-state index in [0.29, 0.717) is 6.42 Å². The summed E-state index contributed by atoms with van der Waals surface area (Å²) < 4.78 is 24.8. The number of rotatable bonds is 5. The van der Waals surface area contributed by atoms with Crippen LogP contribution in [0.2, 0.25) is 5.02 Å². The van der Waals surface area contributed by atoms with Crippen molar-refractivity contribution in [3.05, 3.63) is 17.2 Å². The molecule has 1 aromatic rings. The number of aliphatic imine (C=N–C) groups is 1. The number of guanidine groups is 1. The first-order chi connectivity index (χ1) is 11.2. The maximum Gasteiger partial charge on any atom is 0.251 e. The molecule has 0 saturated carbocycles. The molecule has 132 valence electrons. The van der Waals surface area contributed by atoms with Crippen molar-refractivity contribution in [2.75, 3.05) is 5.32 Å². The minimum atomic E-state index is -3.77. The van der Waals surface area contributed by atoms with Crippen molar-refractivity contribution >= 4 is 39.0 Å². The van der Waals surface area contributed by atoms with Crippen LogP contribution in [-0.4, -0.2) is 36.7 Å². The van der Waals surface area contributed by atoms with E-state index in [2.05, 4.69) is 15.6 Å². The second-order valence-electron chi connectivity index (χ2n) is 5.76. The van der Waals surface area contributed by atoms with Crippen molar-refractivity contribution in [3.63, 3.8) is 0 Å². The Kier molecular flexibility index (Phi) is 5.39. The largest absolute Gasteiger partial charge is 0.504 e. The van der Waals surface area contributed by atoms with Crippen LogP contribution in [0.4, 0.5) is 5.69 Å². The minimum Gasteiger partial charge on any atom is -0.504 e. The molecule has 0 bridgehead atoms. The standard InChI is InChI=1S/C15H20ClN3O4S/c1-4-5-11-14(21)19-15(18-11)17-10-7-6-9(16)13(12(10)20)24(22,23)8(2)3/h6-8,11,20H,4-5H2,1-3H3,(H2,17,18,19,21)/t11-/m0/s1. The van der Waals surface area contributed by atoms with E-state index in [4.69, 9.17) is 11.6 Å². The molecule has 0 unspecified atom stereocenters. The molecule has 0 saturated heterocycles. The second kappa shape index (κ2) is 6.98. The normalized spacial score (nSPS) is 17.8. The number of phenolic OH excluding ortho intramolecular Hbond substituents is 1. The molecule has 1 heterocycles. The number of aromatic hydroxyl groups is 1. The van der Waals surface area contributed by atoms with E-state index in [1.54, 1.807) is 0 Å². The van der Waals surface area contributed by atoms with E-state index in [1.807, 2.05) is 6.92 Å². The molecule has 3 N–H and O–H groups in total. The summed E-state index contributed by atoms with van der Waals surface area (Å²) in [7, 11) is -3.77. The quantitative estimate of drug-likeness (QED) is 0.686. The molecule has 0 radical (unpaired) electrons. The fourth-order valence-electron chi connectivity index (χ4n) is 2.26. The molecular formula is C15H20ClN3O4S. The van der Waals surface area contributed by atoms with Gasteiger partial charge < -0.3 is 10.4 Å².